The molecule has 3 rings (SSSR count). The number of anilines is 1. The second-order valence-electron chi connectivity index (χ2n) is 7.23. The molecule has 0 atom stereocenters. The van der Waals surface area contributed by atoms with E-state index in [0.717, 1.165) is 16.8 Å². The summed E-state index contributed by atoms with van der Waals surface area (Å²) in [6.45, 7) is 6.63. The highest BCUT2D eigenvalue weighted by Gasteiger charge is 2.25. The molecular weight excluding hydrogens is 390 g/mol. The van der Waals surface area contributed by atoms with E-state index in [9.17, 15) is 9.59 Å². The molecule has 29 heavy (non-hydrogen) atoms. The summed E-state index contributed by atoms with van der Waals surface area (Å²) in [7, 11) is 1.53. The fourth-order valence-electron chi connectivity index (χ4n) is 3.52. The first-order chi connectivity index (χ1) is 13.9. The third kappa shape index (κ3) is 5.08. The Hall–Kier alpha value is -2.57. The van der Waals surface area contributed by atoms with Gasteiger partial charge in [-0.05, 0) is 43.2 Å². The summed E-state index contributed by atoms with van der Waals surface area (Å²) in [6.07, 6.45) is 0. The maximum Gasteiger partial charge on any atom is 0.257 e. The number of hydrogen-bond acceptors (Lipinski definition) is 4. The maximum absolute atomic E-state index is 12.9. The van der Waals surface area contributed by atoms with Gasteiger partial charge >= 0.3 is 0 Å². The molecule has 0 radical (unpaired) electrons. The van der Waals surface area contributed by atoms with E-state index in [1.807, 2.05) is 32.0 Å². The number of carbonyl (C=O) groups is 2. The fourth-order valence-corrected chi connectivity index (χ4v) is 3.69. The Bertz CT molecular complexity index is 888. The molecule has 1 N–H and O–H groups in total. The van der Waals surface area contributed by atoms with Gasteiger partial charge in [-0.2, -0.15) is 0 Å². The predicted octanol–water partition coefficient (Wildman–Crippen LogP) is 3.36. The highest BCUT2D eigenvalue weighted by atomic mass is 35.5. The average Bonchev–Trinajstić information content (AvgIpc) is 2.71. The Morgan fingerprint density at radius 2 is 1.72 bits per heavy atom. The molecule has 2 aromatic carbocycles. The lowest BCUT2D eigenvalue weighted by atomic mass is 10.1. The fraction of sp³-hybridized carbons (Fsp3) is 0.364. The number of methoxy groups -OCH3 is 1. The molecule has 1 aliphatic heterocycles. The van der Waals surface area contributed by atoms with Gasteiger partial charge in [0.05, 0.1) is 19.2 Å². The third-order valence-corrected chi connectivity index (χ3v) is 5.40. The Kier molecular flexibility index (Phi) is 6.77. The molecule has 0 unspecified atom stereocenters. The molecular formula is C22H26ClN3O3. The van der Waals surface area contributed by atoms with Crippen molar-refractivity contribution in [3.8, 4) is 5.75 Å². The number of nitrogens with zero attached hydrogens (tertiary/aromatic N) is 2. The zero-order valence-corrected chi connectivity index (χ0v) is 17.8. The van der Waals surface area contributed by atoms with Crippen LogP contribution in [0.25, 0.3) is 0 Å². The van der Waals surface area contributed by atoms with Gasteiger partial charge in [-0.1, -0.05) is 29.8 Å². The number of amides is 2. The summed E-state index contributed by atoms with van der Waals surface area (Å²) >= 11 is 6.05. The number of ether oxygens (including phenoxy) is 1. The molecule has 1 saturated heterocycles. The van der Waals surface area contributed by atoms with E-state index in [2.05, 4.69) is 10.2 Å². The largest absolute Gasteiger partial charge is 0.496 e. The van der Waals surface area contributed by atoms with Crippen LogP contribution in [0.2, 0.25) is 5.02 Å². The van der Waals surface area contributed by atoms with Gasteiger partial charge in [-0.15, -0.1) is 0 Å². The Labute approximate surface area is 176 Å². The highest BCUT2D eigenvalue weighted by molar-refractivity contribution is 6.31. The van der Waals surface area contributed by atoms with E-state index in [1.165, 1.54) is 7.11 Å². The number of para-hydroxylation sites is 1. The van der Waals surface area contributed by atoms with Crippen molar-refractivity contribution >= 4 is 29.1 Å². The van der Waals surface area contributed by atoms with Crippen molar-refractivity contribution in [1.29, 1.82) is 0 Å². The van der Waals surface area contributed by atoms with Crippen LogP contribution in [0.1, 0.15) is 21.5 Å². The molecule has 0 aliphatic carbocycles. The summed E-state index contributed by atoms with van der Waals surface area (Å²) in [5.74, 6) is 0.359. The number of nitrogens with one attached hydrogen (secondary N) is 1. The lowest BCUT2D eigenvalue weighted by Crippen LogP contribution is -2.50. The van der Waals surface area contributed by atoms with E-state index in [4.69, 9.17) is 16.3 Å². The monoisotopic (exact) mass is 415 g/mol. The minimum absolute atomic E-state index is 0.0429. The van der Waals surface area contributed by atoms with Crippen LogP contribution in [0.3, 0.4) is 0 Å². The second-order valence-corrected chi connectivity index (χ2v) is 7.66. The smallest absolute Gasteiger partial charge is 0.257 e. The SMILES string of the molecule is COc1ccc(Cl)cc1C(=O)N1CCN(CC(=O)Nc2c(C)cccc2C)CC1. The number of piperazine rings is 1. The van der Waals surface area contributed by atoms with Crippen molar-refractivity contribution in [2.24, 2.45) is 0 Å². The van der Waals surface area contributed by atoms with E-state index >= 15 is 0 Å². The van der Waals surface area contributed by atoms with Gasteiger partial charge in [-0.3, -0.25) is 14.5 Å². The van der Waals surface area contributed by atoms with Gasteiger partial charge in [0.1, 0.15) is 5.75 Å². The molecule has 0 aromatic heterocycles. The molecule has 1 heterocycles. The van der Waals surface area contributed by atoms with E-state index in [0.29, 0.717) is 49.1 Å². The van der Waals surface area contributed by atoms with Crippen LogP contribution in [0.15, 0.2) is 36.4 Å². The molecule has 0 bridgehead atoms. The maximum atomic E-state index is 12.9. The van der Waals surface area contributed by atoms with Gasteiger partial charge in [0.15, 0.2) is 0 Å². The van der Waals surface area contributed by atoms with Gasteiger partial charge in [0, 0.05) is 36.9 Å². The Morgan fingerprint density at radius 3 is 2.34 bits per heavy atom. The summed E-state index contributed by atoms with van der Waals surface area (Å²) in [5, 5.41) is 3.51. The first-order valence-corrected chi connectivity index (χ1v) is 9.98. The molecule has 2 aromatic rings. The number of rotatable bonds is 5. The van der Waals surface area contributed by atoms with Gasteiger partial charge in [-0.25, -0.2) is 0 Å². The van der Waals surface area contributed by atoms with Crippen molar-refractivity contribution in [1.82, 2.24) is 9.80 Å². The summed E-state index contributed by atoms with van der Waals surface area (Å²) in [4.78, 5) is 29.2. The van der Waals surface area contributed by atoms with Crippen LogP contribution in [-0.4, -0.2) is 61.4 Å². The molecule has 0 saturated carbocycles. The standard InChI is InChI=1S/C22H26ClN3O3/c1-15-5-4-6-16(2)21(15)24-20(27)14-25-9-11-26(12-10-25)22(28)18-13-17(23)7-8-19(18)29-3/h4-8,13H,9-12,14H2,1-3H3,(H,24,27). The average molecular weight is 416 g/mol. The molecule has 1 aliphatic rings. The normalized spacial score (nSPS) is 14.6. The number of hydrogen-bond donors (Lipinski definition) is 1. The number of aryl methyl sites for hydroxylation is 2. The van der Waals surface area contributed by atoms with E-state index < -0.39 is 0 Å². The number of benzene rings is 2. The molecule has 6 nitrogen and oxygen atoms in total. The highest BCUT2D eigenvalue weighted by Crippen LogP contribution is 2.24. The number of halogens is 1. The van der Waals surface area contributed by atoms with E-state index in [-0.39, 0.29) is 11.8 Å². The van der Waals surface area contributed by atoms with E-state index in [1.54, 1.807) is 23.1 Å². The topological polar surface area (TPSA) is 61.9 Å². The molecule has 7 heteroatoms. The summed E-state index contributed by atoms with van der Waals surface area (Å²) in [5.41, 5.74) is 3.43. The van der Waals surface area contributed by atoms with Crippen molar-refractivity contribution < 1.29 is 14.3 Å². The quantitative estimate of drug-likeness (QED) is 0.813. The van der Waals surface area contributed by atoms with Crippen LogP contribution < -0.4 is 10.1 Å². The van der Waals surface area contributed by atoms with Crippen molar-refractivity contribution in [2.75, 3.05) is 45.2 Å². The lowest BCUT2D eigenvalue weighted by molar-refractivity contribution is -0.117. The number of carbonyl (C=O) groups excluding carboxylic acids is 2. The van der Waals surface area contributed by atoms with Crippen molar-refractivity contribution in [3.63, 3.8) is 0 Å². The lowest BCUT2D eigenvalue weighted by Gasteiger charge is -2.34. The second kappa shape index (κ2) is 9.29. The first-order valence-electron chi connectivity index (χ1n) is 9.60. The van der Waals surface area contributed by atoms with Crippen molar-refractivity contribution in [3.05, 3.63) is 58.1 Å². The third-order valence-electron chi connectivity index (χ3n) is 5.16. The zero-order valence-electron chi connectivity index (χ0n) is 17.0. The molecule has 2 amide bonds. The van der Waals surface area contributed by atoms with Crippen LogP contribution in [0, 0.1) is 13.8 Å². The van der Waals surface area contributed by atoms with Gasteiger partial charge < -0.3 is 15.0 Å². The van der Waals surface area contributed by atoms with Crippen LogP contribution >= 0.6 is 11.6 Å². The summed E-state index contributed by atoms with van der Waals surface area (Å²) in [6, 6.07) is 11.0. The molecule has 1 fully saturated rings. The zero-order chi connectivity index (χ0) is 21.0. The van der Waals surface area contributed by atoms with Crippen molar-refractivity contribution in [2.45, 2.75) is 13.8 Å². The molecule has 0 spiro atoms. The molecule has 154 valence electrons. The minimum Gasteiger partial charge on any atom is -0.496 e. The van der Waals surface area contributed by atoms with Crippen LogP contribution in [0.5, 0.6) is 5.75 Å². The van der Waals surface area contributed by atoms with Crippen LogP contribution in [0.4, 0.5) is 5.69 Å². The summed E-state index contributed by atoms with van der Waals surface area (Å²) < 4.78 is 5.29. The first kappa shape index (κ1) is 21.1. The van der Waals surface area contributed by atoms with Crippen LogP contribution in [-0.2, 0) is 4.79 Å². The van der Waals surface area contributed by atoms with Gasteiger partial charge in [0.2, 0.25) is 5.91 Å². The minimum atomic E-state index is -0.107. The Morgan fingerprint density at radius 1 is 1.07 bits per heavy atom. The predicted molar refractivity (Wildman–Crippen MR) is 115 cm³/mol. The van der Waals surface area contributed by atoms with Gasteiger partial charge in [0.25, 0.3) is 5.91 Å². The Balaban J connectivity index is 1.56.